The molecule has 1 amide bonds. The van der Waals surface area contributed by atoms with Crippen LogP contribution in [0.2, 0.25) is 0 Å². The van der Waals surface area contributed by atoms with Gasteiger partial charge in [0.05, 0.1) is 45.1 Å². The molecule has 0 bridgehead atoms. The fourth-order valence-corrected chi connectivity index (χ4v) is 7.54. The average Bonchev–Trinajstić information content (AvgIpc) is 3.89. The van der Waals surface area contributed by atoms with Crippen molar-refractivity contribution in [1.29, 1.82) is 0 Å². The van der Waals surface area contributed by atoms with Crippen LogP contribution in [-0.4, -0.2) is 112 Å². The maximum absolute atomic E-state index is 14.0. The highest BCUT2D eigenvalue weighted by molar-refractivity contribution is 5.96. The lowest BCUT2D eigenvalue weighted by Crippen LogP contribution is -2.39. The van der Waals surface area contributed by atoms with Crippen LogP contribution in [0.1, 0.15) is 35.2 Å². The van der Waals surface area contributed by atoms with Crippen LogP contribution in [-0.2, 0) is 18.5 Å². The minimum absolute atomic E-state index is 0.0489. The van der Waals surface area contributed by atoms with Crippen LogP contribution in [0.3, 0.4) is 0 Å². The zero-order valence-corrected chi connectivity index (χ0v) is 29.1. The summed E-state index contributed by atoms with van der Waals surface area (Å²) in [5.41, 5.74) is 3.63. The summed E-state index contributed by atoms with van der Waals surface area (Å²) in [6.07, 6.45) is 10.2. The van der Waals surface area contributed by atoms with Crippen molar-refractivity contribution in [2.24, 2.45) is 0 Å². The lowest BCUT2D eigenvalue weighted by atomic mass is 9.77. The van der Waals surface area contributed by atoms with Gasteiger partial charge >= 0.3 is 0 Å². The fourth-order valence-electron chi connectivity index (χ4n) is 7.54. The molecule has 0 radical (unpaired) electrons. The van der Waals surface area contributed by atoms with Crippen LogP contribution < -0.4 is 19.1 Å². The molecule has 7 rings (SSSR count). The van der Waals surface area contributed by atoms with Gasteiger partial charge in [0.2, 0.25) is 11.7 Å². The van der Waals surface area contributed by atoms with Gasteiger partial charge in [-0.25, -0.2) is 4.98 Å². The third-order valence-electron chi connectivity index (χ3n) is 10.3. The predicted molar refractivity (Wildman–Crippen MR) is 190 cm³/mol. The Bertz CT molecular complexity index is 1870. The highest BCUT2D eigenvalue weighted by atomic mass is 16.5. The van der Waals surface area contributed by atoms with Gasteiger partial charge in [0.25, 0.3) is 5.91 Å². The molecule has 2 aromatic carbocycles. The van der Waals surface area contributed by atoms with Crippen LogP contribution in [0.4, 0.5) is 5.95 Å². The van der Waals surface area contributed by atoms with Crippen molar-refractivity contribution >= 4 is 22.9 Å². The summed E-state index contributed by atoms with van der Waals surface area (Å²) in [6.45, 7) is 7.45. The molecule has 13 nitrogen and oxygen atoms in total. The van der Waals surface area contributed by atoms with Crippen molar-refractivity contribution in [3.63, 3.8) is 0 Å². The molecular weight excluding hydrogens is 634 g/mol. The molecule has 5 heterocycles. The van der Waals surface area contributed by atoms with Crippen LogP contribution in [0.25, 0.3) is 11.0 Å². The first-order chi connectivity index (χ1) is 24.5. The van der Waals surface area contributed by atoms with Crippen LogP contribution in [0.15, 0.2) is 73.3 Å². The van der Waals surface area contributed by atoms with Gasteiger partial charge in [0, 0.05) is 68.8 Å². The van der Waals surface area contributed by atoms with Crippen molar-refractivity contribution < 1.29 is 19.0 Å². The Hall–Kier alpha value is -5.17. The second-order valence-corrected chi connectivity index (χ2v) is 13.1. The normalized spacial score (nSPS) is 18.4. The Labute approximate surface area is 292 Å². The Kier molecular flexibility index (Phi) is 9.83. The average molecular weight is 680 g/mol. The smallest absolute Gasteiger partial charge is 0.254 e. The van der Waals surface area contributed by atoms with E-state index in [1.807, 2.05) is 40.3 Å². The molecule has 3 aromatic heterocycles. The number of nitrogens with zero attached hydrogens (tertiary/aromatic N) is 9. The number of amides is 1. The number of ether oxygens (including phenoxy) is 3. The van der Waals surface area contributed by atoms with E-state index in [9.17, 15) is 4.79 Å². The molecule has 2 aliphatic rings. The lowest BCUT2D eigenvalue weighted by Gasteiger charge is -2.32. The number of aryl methyl sites for hydroxylation is 2. The van der Waals surface area contributed by atoms with Gasteiger partial charge in [0.15, 0.2) is 11.5 Å². The van der Waals surface area contributed by atoms with Crippen molar-refractivity contribution in [2.45, 2.75) is 37.8 Å². The molecular formula is C37H45N9O4. The summed E-state index contributed by atoms with van der Waals surface area (Å²) >= 11 is 0. The van der Waals surface area contributed by atoms with Gasteiger partial charge in [-0.3, -0.25) is 14.5 Å². The van der Waals surface area contributed by atoms with E-state index in [1.165, 1.54) is 5.56 Å². The molecule has 50 heavy (non-hydrogen) atoms. The Morgan fingerprint density at radius 2 is 1.72 bits per heavy atom. The van der Waals surface area contributed by atoms with Gasteiger partial charge in [-0.15, -0.1) is 5.10 Å². The number of anilines is 1. The predicted octanol–water partition coefficient (Wildman–Crippen LogP) is 4.14. The first-order valence-electron chi connectivity index (χ1n) is 17.3. The first-order valence-corrected chi connectivity index (χ1v) is 17.3. The summed E-state index contributed by atoms with van der Waals surface area (Å²) < 4.78 is 20.7. The number of likely N-dealkylation sites (tertiary alicyclic amines) is 1. The second kappa shape index (κ2) is 14.8. The number of hydrogen-bond acceptors (Lipinski definition) is 10. The third kappa shape index (κ3) is 6.69. The number of aromatic nitrogens is 6. The monoisotopic (exact) mass is 679 g/mol. The molecule has 262 valence electrons. The summed E-state index contributed by atoms with van der Waals surface area (Å²) in [7, 11) is 4.69. The zero-order valence-electron chi connectivity index (χ0n) is 29.1. The van der Waals surface area contributed by atoms with E-state index < -0.39 is 0 Å². The van der Waals surface area contributed by atoms with Crippen LogP contribution >= 0.6 is 0 Å². The SMILES string of the molecule is COc1cc(C(=O)N2CCC(CCN3CCCN(c4nc5ccccc5n4CCn4ccnn4)CC3)(c3cccnc3)C2)cc(OC)c1OC. The molecule has 0 N–H and O–H groups in total. The molecule has 0 saturated carbocycles. The molecule has 0 aliphatic carbocycles. The number of imidazole rings is 1. The minimum atomic E-state index is -0.202. The van der Waals surface area contributed by atoms with Crippen molar-refractivity contribution in [3.8, 4) is 17.2 Å². The molecule has 5 aromatic rings. The Balaban J connectivity index is 1.06. The number of carbonyl (C=O) groups excluding carboxylic acids is 1. The maximum Gasteiger partial charge on any atom is 0.254 e. The van der Waals surface area contributed by atoms with Crippen LogP contribution in [0, 0.1) is 0 Å². The van der Waals surface area contributed by atoms with Crippen LogP contribution in [0.5, 0.6) is 17.2 Å². The zero-order chi connectivity index (χ0) is 34.5. The third-order valence-corrected chi connectivity index (χ3v) is 10.3. The Morgan fingerprint density at radius 3 is 2.46 bits per heavy atom. The quantitative estimate of drug-likeness (QED) is 0.191. The van der Waals surface area contributed by atoms with E-state index in [0.29, 0.717) is 35.9 Å². The Morgan fingerprint density at radius 1 is 0.880 bits per heavy atom. The topological polar surface area (TPSA) is 116 Å². The van der Waals surface area contributed by atoms with E-state index in [1.54, 1.807) is 39.7 Å². The van der Waals surface area contributed by atoms with Crippen molar-refractivity contribution in [1.82, 2.24) is 39.3 Å². The van der Waals surface area contributed by atoms with Gasteiger partial charge in [-0.1, -0.05) is 23.4 Å². The molecule has 13 heteroatoms. The first kappa shape index (κ1) is 33.3. The number of pyridine rings is 1. The molecule has 2 aliphatic heterocycles. The van der Waals surface area contributed by atoms with Gasteiger partial charge in [0.1, 0.15) is 0 Å². The summed E-state index contributed by atoms with van der Waals surface area (Å²) in [4.78, 5) is 30.5. The van der Waals surface area contributed by atoms with E-state index in [2.05, 4.69) is 53.9 Å². The number of benzene rings is 2. The number of carbonyl (C=O) groups is 1. The minimum Gasteiger partial charge on any atom is -0.493 e. The van der Waals surface area contributed by atoms with E-state index in [4.69, 9.17) is 19.2 Å². The fraction of sp³-hybridized carbons (Fsp3) is 0.432. The number of hydrogen-bond donors (Lipinski definition) is 0. The van der Waals surface area contributed by atoms with Crippen molar-refractivity contribution in [2.75, 3.05) is 72.0 Å². The standard InChI is InChI=1S/C37H45N9O4/c1-48-32-24-28(25-33(49-2)34(32)50-3)35(47)44-18-12-37(27-44,29-8-6-13-38-26-29)11-17-42-15-7-16-43(21-20-42)36-40-30-9-4-5-10-31(30)46(36)23-22-45-19-14-39-41-45/h4-6,8-10,13-14,19,24-26H,7,11-12,15-18,20-23,27H2,1-3H3. The van der Waals surface area contributed by atoms with E-state index >= 15 is 0 Å². The molecule has 1 unspecified atom stereocenters. The highest BCUT2D eigenvalue weighted by Gasteiger charge is 2.42. The maximum atomic E-state index is 14.0. The van der Waals surface area contributed by atoms with E-state index in [-0.39, 0.29) is 11.3 Å². The summed E-state index contributed by atoms with van der Waals surface area (Å²) in [6, 6.07) is 16.0. The van der Waals surface area contributed by atoms with Gasteiger partial charge < -0.3 is 33.5 Å². The van der Waals surface area contributed by atoms with E-state index in [0.717, 1.165) is 82.1 Å². The molecule has 2 fully saturated rings. The largest absolute Gasteiger partial charge is 0.493 e. The number of fused-ring (bicyclic) bond motifs is 1. The number of methoxy groups -OCH3 is 3. The summed E-state index contributed by atoms with van der Waals surface area (Å²) in [5.74, 6) is 2.37. The number of rotatable bonds is 12. The summed E-state index contributed by atoms with van der Waals surface area (Å²) in [5, 5.41) is 8.13. The number of para-hydroxylation sites is 2. The van der Waals surface area contributed by atoms with Gasteiger partial charge in [-0.2, -0.15) is 0 Å². The molecule has 1 atom stereocenters. The highest BCUT2D eigenvalue weighted by Crippen LogP contribution is 2.41. The van der Waals surface area contributed by atoms with Crippen molar-refractivity contribution in [3.05, 3.63) is 84.4 Å². The molecule has 2 saturated heterocycles. The molecule has 0 spiro atoms. The second-order valence-electron chi connectivity index (χ2n) is 13.1. The lowest BCUT2D eigenvalue weighted by molar-refractivity contribution is 0.0780. The van der Waals surface area contributed by atoms with Gasteiger partial charge in [-0.05, 0) is 68.2 Å².